The van der Waals surface area contributed by atoms with Gasteiger partial charge in [-0.25, -0.2) is 0 Å². The Hall–Kier alpha value is -0.860. The zero-order chi connectivity index (χ0) is 13.6. The molecule has 98 valence electrons. The first-order chi connectivity index (χ1) is 8.66. The van der Waals surface area contributed by atoms with E-state index < -0.39 is 0 Å². The summed E-state index contributed by atoms with van der Waals surface area (Å²) >= 11 is 10.8. The summed E-state index contributed by atoms with van der Waals surface area (Å²) in [5.41, 5.74) is 5.98. The van der Waals surface area contributed by atoms with Gasteiger partial charge in [0.1, 0.15) is 4.49 Å². The Labute approximate surface area is 120 Å². The first kappa shape index (κ1) is 17.1. The maximum absolute atomic E-state index is 5.98. The van der Waals surface area contributed by atoms with E-state index in [2.05, 4.69) is 30.3 Å². The molecule has 1 nitrogen and oxygen atoms in total. The molecular weight excluding hydrogens is 265 g/mol. The van der Waals surface area contributed by atoms with Gasteiger partial charge in [0, 0.05) is 25.0 Å². The van der Waals surface area contributed by atoms with Crippen molar-refractivity contribution >= 4 is 23.2 Å². The monoisotopic (exact) mass is 283 g/mol. The van der Waals surface area contributed by atoms with Gasteiger partial charge in [-0.15, -0.1) is 0 Å². The molecule has 0 aliphatic rings. The molecule has 0 saturated heterocycles. The van der Waals surface area contributed by atoms with Crippen molar-refractivity contribution in [2.24, 2.45) is 5.73 Å². The second-order valence-corrected chi connectivity index (χ2v) is 4.83. The molecule has 18 heavy (non-hydrogen) atoms. The SMILES string of the molecule is C=CC#CCCCC(N)CCCC#CC=C(Cl)Cl. The highest BCUT2D eigenvalue weighted by Gasteiger charge is 2.00. The van der Waals surface area contributed by atoms with E-state index >= 15 is 0 Å². The lowest BCUT2D eigenvalue weighted by molar-refractivity contribution is 0.536. The van der Waals surface area contributed by atoms with Crippen molar-refractivity contribution in [3.63, 3.8) is 0 Å². The zero-order valence-corrected chi connectivity index (χ0v) is 12.0. The van der Waals surface area contributed by atoms with Gasteiger partial charge in [-0.3, -0.25) is 0 Å². The topological polar surface area (TPSA) is 26.0 Å². The van der Waals surface area contributed by atoms with Gasteiger partial charge in [-0.1, -0.05) is 53.5 Å². The van der Waals surface area contributed by atoms with Crippen molar-refractivity contribution < 1.29 is 0 Å². The molecule has 0 heterocycles. The molecule has 0 spiro atoms. The average Bonchev–Trinajstić information content (AvgIpc) is 2.33. The first-order valence-electron chi connectivity index (χ1n) is 6.01. The van der Waals surface area contributed by atoms with E-state index in [1.54, 1.807) is 6.08 Å². The van der Waals surface area contributed by atoms with Crippen LogP contribution in [-0.4, -0.2) is 6.04 Å². The minimum Gasteiger partial charge on any atom is -0.328 e. The van der Waals surface area contributed by atoms with Crippen molar-refractivity contribution in [2.75, 3.05) is 0 Å². The van der Waals surface area contributed by atoms with Gasteiger partial charge in [0.05, 0.1) is 0 Å². The Balaban J connectivity index is 3.52. The molecule has 0 rings (SSSR count). The quantitative estimate of drug-likeness (QED) is 0.575. The Morgan fingerprint density at radius 3 is 2.17 bits per heavy atom. The summed E-state index contributed by atoms with van der Waals surface area (Å²) in [6, 6.07) is 0.240. The largest absolute Gasteiger partial charge is 0.328 e. The highest BCUT2D eigenvalue weighted by atomic mass is 35.5. The lowest BCUT2D eigenvalue weighted by Gasteiger charge is -2.08. The van der Waals surface area contributed by atoms with Crippen molar-refractivity contribution in [3.05, 3.63) is 23.2 Å². The molecule has 0 fully saturated rings. The summed E-state index contributed by atoms with van der Waals surface area (Å²) in [7, 11) is 0. The molecule has 0 amide bonds. The lowest BCUT2D eigenvalue weighted by Crippen LogP contribution is -2.19. The third-order valence-electron chi connectivity index (χ3n) is 2.24. The van der Waals surface area contributed by atoms with E-state index in [4.69, 9.17) is 28.9 Å². The summed E-state index contributed by atoms with van der Waals surface area (Å²) in [6.45, 7) is 3.54. The molecule has 0 aromatic heterocycles. The van der Waals surface area contributed by atoms with Gasteiger partial charge in [0.15, 0.2) is 0 Å². The number of rotatable bonds is 6. The molecule has 0 saturated carbocycles. The van der Waals surface area contributed by atoms with Gasteiger partial charge in [0.25, 0.3) is 0 Å². The molecule has 0 aromatic rings. The fourth-order valence-electron chi connectivity index (χ4n) is 1.37. The highest BCUT2D eigenvalue weighted by Crippen LogP contribution is 2.06. The first-order valence-corrected chi connectivity index (χ1v) is 6.77. The predicted molar refractivity (Wildman–Crippen MR) is 81.2 cm³/mol. The van der Waals surface area contributed by atoms with Crippen LogP contribution in [0.3, 0.4) is 0 Å². The highest BCUT2D eigenvalue weighted by molar-refractivity contribution is 6.56. The van der Waals surface area contributed by atoms with Crippen LogP contribution in [0.25, 0.3) is 0 Å². The normalized spacial score (nSPS) is 10.4. The Morgan fingerprint density at radius 2 is 1.67 bits per heavy atom. The number of hydrogen-bond acceptors (Lipinski definition) is 1. The summed E-state index contributed by atoms with van der Waals surface area (Å²) < 4.78 is 0.194. The van der Waals surface area contributed by atoms with Crippen LogP contribution in [0.2, 0.25) is 0 Å². The van der Waals surface area contributed by atoms with E-state index in [9.17, 15) is 0 Å². The molecule has 0 radical (unpaired) electrons. The summed E-state index contributed by atoms with van der Waals surface area (Å²) in [5, 5.41) is 0. The van der Waals surface area contributed by atoms with Crippen LogP contribution in [0.1, 0.15) is 38.5 Å². The van der Waals surface area contributed by atoms with E-state index in [0.29, 0.717) is 0 Å². The maximum Gasteiger partial charge on any atom is 0.115 e. The Morgan fingerprint density at radius 1 is 1.11 bits per heavy atom. The second kappa shape index (κ2) is 12.6. The fraction of sp³-hybridized carbons (Fsp3) is 0.467. The molecular formula is C15H19Cl2N. The van der Waals surface area contributed by atoms with Gasteiger partial charge in [-0.05, 0) is 31.8 Å². The van der Waals surface area contributed by atoms with E-state index in [1.165, 1.54) is 6.08 Å². The summed E-state index contributed by atoms with van der Waals surface area (Å²) in [5.74, 6) is 11.6. The minimum atomic E-state index is 0.194. The number of halogens is 2. The number of unbranched alkanes of at least 4 members (excludes halogenated alkanes) is 2. The number of hydrogen-bond donors (Lipinski definition) is 1. The van der Waals surface area contributed by atoms with Crippen LogP contribution >= 0.6 is 23.2 Å². The van der Waals surface area contributed by atoms with Gasteiger partial charge in [0.2, 0.25) is 0 Å². The van der Waals surface area contributed by atoms with Crippen molar-refractivity contribution in [1.82, 2.24) is 0 Å². The van der Waals surface area contributed by atoms with E-state index in [-0.39, 0.29) is 10.5 Å². The van der Waals surface area contributed by atoms with Crippen LogP contribution in [0, 0.1) is 23.7 Å². The number of allylic oxidation sites excluding steroid dienone is 2. The maximum atomic E-state index is 5.98. The van der Waals surface area contributed by atoms with Gasteiger partial charge >= 0.3 is 0 Å². The molecule has 0 aliphatic heterocycles. The third kappa shape index (κ3) is 13.2. The van der Waals surface area contributed by atoms with E-state index in [1.807, 2.05) is 0 Å². The molecule has 0 aliphatic carbocycles. The molecule has 0 bridgehead atoms. The van der Waals surface area contributed by atoms with Crippen LogP contribution in [-0.2, 0) is 0 Å². The van der Waals surface area contributed by atoms with Crippen LogP contribution in [0.15, 0.2) is 23.2 Å². The summed E-state index contributed by atoms with van der Waals surface area (Å²) in [6.07, 6.45) is 8.84. The molecule has 2 N–H and O–H groups in total. The standard InChI is InChI=1S/C15H19Cl2N/c1-2-3-4-5-8-11-14(18)12-9-6-7-10-13-15(16)17/h2,13-14H,1,5-6,8-9,11-12,18H2. The molecule has 1 atom stereocenters. The van der Waals surface area contributed by atoms with Crippen LogP contribution in [0.5, 0.6) is 0 Å². The van der Waals surface area contributed by atoms with Crippen LogP contribution in [0.4, 0.5) is 0 Å². The molecule has 3 heteroatoms. The Kier molecular flexibility index (Phi) is 12.0. The van der Waals surface area contributed by atoms with Crippen molar-refractivity contribution in [2.45, 2.75) is 44.6 Å². The molecule has 1 unspecified atom stereocenters. The number of nitrogens with two attached hydrogens (primary N) is 1. The van der Waals surface area contributed by atoms with Crippen molar-refractivity contribution in [1.29, 1.82) is 0 Å². The third-order valence-corrected chi connectivity index (χ3v) is 2.46. The zero-order valence-electron chi connectivity index (χ0n) is 10.5. The van der Waals surface area contributed by atoms with Gasteiger partial charge < -0.3 is 5.73 Å². The predicted octanol–water partition coefficient (Wildman–Crippen LogP) is 4.17. The second-order valence-electron chi connectivity index (χ2n) is 3.82. The molecule has 0 aromatic carbocycles. The van der Waals surface area contributed by atoms with Crippen LogP contribution < -0.4 is 5.73 Å². The summed E-state index contributed by atoms with van der Waals surface area (Å²) in [4.78, 5) is 0. The van der Waals surface area contributed by atoms with Gasteiger partial charge in [-0.2, -0.15) is 0 Å². The Bertz CT molecular complexity index is 373. The minimum absolute atomic E-state index is 0.194. The smallest absolute Gasteiger partial charge is 0.115 e. The van der Waals surface area contributed by atoms with Crippen molar-refractivity contribution in [3.8, 4) is 23.7 Å². The lowest BCUT2D eigenvalue weighted by atomic mass is 10.0. The van der Waals surface area contributed by atoms with E-state index in [0.717, 1.165) is 38.5 Å². The fourth-order valence-corrected chi connectivity index (χ4v) is 1.48. The average molecular weight is 284 g/mol.